The van der Waals surface area contributed by atoms with Crippen LogP contribution in [0.3, 0.4) is 0 Å². The van der Waals surface area contributed by atoms with Crippen LogP contribution in [0.2, 0.25) is 0 Å². The SMILES string of the molecule is CC(C)CC(NC(=O)c1ccc(S(=O)(=O)NC2CC2)cc1)C(=O)O. The molecule has 24 heavy (non-hydrogen) atoms. The normalized spacial score (nSPS) is 16.0. The summed E-state index contributed by atoms with van der Waals surface area (Å²) in [5.41, 5.74) is 0.218. The maximum absolute atomic E-state index is 12.2. The van der Waals surface area contributed by atoms with Crippen LogP contribution >= 0.6 is 0 Å². The minimum Gasteiger partial charge on any atom is -0.480 e. The molecule has 2 rings (SSSR count). The van der Waals surface area contributed by atoms with Gasteiger partial charge >= 0.3 is 5.97 Å². The van der Waals surface area contributed by atoms with Crippen LogP contribution in [0.1, 0.15) is 43.5 Å². The molecule has 0 bridgehead atoms. The van der Waals surface area contributed by atoms with Crippen LogP contribution in [0, 0.1) is 5.92 Å². The lowest BCUT2D eigenvalue weighted by molar-refractivity contribution is -0.139. The molecule has 132 valence electrons. The molecular weight excluding hydrogens is 332 g/mol. The second kappa shape index (κ2) is 7.31. The average Bonchev–Trinajstić information content (AvgIpc) is 3.29. The van der Waals surface area contributed by atoms with Gasteiger partial charge in [-0.15, -0.1) is 0 Å². The van der Waals surface area contributed by atoms with E-state index >= 15 is 0 Å². The molecule has 1 aromatic rings. The third-order valence-corrected chi connectivity index (χ3v) is 5.17. The molecule has 0 aliphatic heterocycles. The van der Waals surface area contributed by atoms with E-state index in [0.717, 1.165) is 12.8 Å². The van der Waals surface area contributed by atoms with E-state index in [1.54, 1.807) is 0 Å². The maximum Gasteiger partial charge on any atom is 0.326 e. The molecule has 1 atom stereocenters. The average molecular weight is 354 g/mol. The van der Waals surface area contributed by atoms with Crippen molar-refractivity contribution in [3.05, 3.63) is 29.8 Å². The highest BCUT2D eigenvalue weighted by molar-refractivity contribution is 7.89. The Morgan fingerprint density at radius 2 is 1.79 bits per heavy atom. The summed E-state index contributed by atoms with van der Waals surface area (Å²) >= 11 is 0. The molecule has 1 aromatic carbocycles. The van der Waals surface area contributed by atoms with Crippen LogP contribution in [0.5, 0.6) is 0 Å². The van der Waals surface area contributed by atoms with Gasteiger partial charge in [-0.3, -0.25) is 4.79 Å². The minimum absolute atomic E-state index is 0.00494. The number of carbonyl (C=O) groups is 2. The molecule has 8 heteroatoms. The summed E-state index contributed by atoms with van der Waals surface area (Å²) < 4.78 is 26.7. The fourth-order valence-corrected chi connectivity index (χ4v) is 3.51. The summed E-state index contributed by atoms with van der Waals surface area (Å²) in [6.07, 6.45) is 2.00. The van der Waals surface area contributed by atoms with Gasteiger partial charge in [0, 0.05) is 11.6 Å². The summed E-state index contributed by atoms with van der Waals surface area (Å²) in [6.45, 7) is 3.74. The number of hydrogen-bond acceptors (Lipinski definition) is 4. The van der Waals surface area contributed by atoms with Gasteiger partial charge in [0.15, 0.2) is 0 Å². The van der Waals surface area contributed by atoms with Crippen molar-refractivity contribution in [3.63, 3.8) is 0 Å². The maximum atomic E-state index is 12.2. The third-order valence-electron chi connectivity index (χ3n) is 3.64. The number of hydrogen-bond donors (Lipinski definition) is 3. The molecule has 1 unspecified atom stereocenters. The van der Waals surface area contributed by atoms with E-state index in [9.17, 15) is 18.0 Å². The van der Waals surface area contributed by atoms with Crippen molar-refractivity contribution in [2.24, 2.45) is 5.92 Å². The summed E-state index contributed by atoms with van der Waals surface area (Å²) in [4.78, 5) is 23.4. The van der Waals surface area contributed by atoms with Crippen LogP contribution in [0.4, 0.5) is 0 Å². The van der Waals surface area contributed by atoms with E-state index in [1.165, 1.54) is 24.3 Å². The number of benzene rings is 1. The highest BCUT2D eigenvalue weighted by atomic mass is 32.2. The Morgan fingerprint density at radius 3 is 2.25 bits per heavy atom. The van der Waals surface area contributed by atoms with Gasteiger partial charge in [0.2, 0.25) is 10.0 Å². The highest BCUT2D eigenvalue weighted by Crippen LogP contribution is 2.22. The van der Waals surface area contributed by atoms with Crippen LogP contribution in [0.25, 0.3) is 0 Å². The Bertz CT molecular complexity index is 708. The summed E-state index contributed by atoms with van der Waals surface area (Å²) in [6, 6.07) is 4.48. The molecule has 1 aliphatic carbocycles. The van der Waals surface area contributed by atoms with Gasteiger partial charge < -0.3 is 10.4 Å². The predicted molar refractivity (Wildman–Crippen MR) is 88.1 cm³/mol. The molecule has 3 N–H and O–H groups in total. The number of carboxylic acids is 1. The van der Waals surface area contributed by atoms with Crippen molar-refractivity contribution in [1.29, 1.82) is 0 Å². The fraction of sp³-hybridized carbons (Fsp3) is 0.500. The van der Waals surface area contributed by atoms with Crippen LogP contribution < -0.4 is 10.0 Å². The van der Waals surface area contributed by atoms with E-state index in [0.29, 0.717) is 6.42 Å². The Morgan fingerprint density at radius 1 is 1.21 bits per heavy atom. The van der Waals surface area contributed by atoms with E-state index in [2.05, 4.69) is 10.0 Å². The van der Waals surface area contributed by atoms with Gasteiger partial charge in [-0.25, -0.2) is 17.9 Å². The minimum atomic E-state index is -3.57. The first-order valence-electron chi connectivity index (χ1n) is 7.85. The molecule has 1 aliphatic rings. The second-order valence-corrected chi connectivity index (χ2v) is 8.13. The summed E-state index contributed by atoms with van der Waals surface area (Å²) in [5, 5.41) is 11.6. The Labute approximate surface area is 141 Å². The Kier molecular flexibility index (Phi) is 5.61. The number of nitrogens with one attached hydrogen (secondary N) is 2. The summed E-state index contributed by atoms with van der Waals surface area (Å²) in [7, 11) is -3.57. The topological polar surface area (TPSA) is 113 Å². The highest BCUT2D eigenvalue weighted by Gasteiger charge is 2.28. The van der Waals surface area contributed by atoms with E-state index in [4.69, 9.17) is 5.11 Å². The van der Waals surface area contributed by atoms with Crippen molar-refractivity contribution in [3.8, 4) is 0 Å². The number of carboxylic acid groups (broad SMARTS) is 1. The molecule has 0 radical (unpaired) electrons. The van der Waals surface area contributed by atoms with E-state index in [-0.39, 0.29) is 22.4 Å². The zero-order valence-corrected chi connectivity index (χ0v) is 14.5. The molecule has 0 heterocycles. The first kappa shape index (κ1) is 18.4. The molecule has 1 fully saturated rings. The van der Waals surface area contributed by atoms with Gasteiger partial charge in [-0.2, -0.15) is 0 Å². The van der Waals surface area contributed by atoms with E-state index < -0.39 is 27.9 Å². The van der Waals surface area contributed by atoms with E-state index in [1.807, 2.05) is 13.8 Å². The summed E-state index contributed by atoms with van der Waals surface area (Å²) in [5.74, 6) is -1.51. The van der Waals surface area contributed by atoms with Gasteiger partial charge in [-0.05, 0) is 49.4 Å². The zero-order valence-electron chi connectivity index (χ0n) is 13.7. The molecule has 1 amide bonds. The lowest BCUT2D eigenvalue weighted by Crippen LogP contribution is -2.41. The van der Waals surface area contributed by atoms with Crippen molar-refractivity contribution < 1.29 is 23.1 Å². The molecular formula is C16H22N2O5S. The molecule has 0 spiro atoms. The third kappa shape index (κ3) is 5.04. The van der Waals surface area contributed by atoms with Crippen LogP contribution in [-0.4, -0.2) is 37.5 Å². The lowest BCUT2D eigenvalue weighted by atomic mass is 10.0. The predicted octanol–water partition coefficient (Wildman–Crippen LogP) is 1.36. The monoisotopic (exact) mass is 354 g/mol. The molecule has 1 saturated carbocycles. The Hall–Kier alpha value is -1.93. The molecule has 7 nitrogen and oxygen atoms in total. The van der Waals surface area contributed by atoms with Gasteiger partial charge in [0.05, 0.1) is 4.90 Å². The van der Waals surface area contributed by atoms with Crippen molar-refractivity contribution >= 4 is 21.9 Å². The number of aliphatic carboxylic acids is 1. The first-order chi connectivity index (χ1) is 11.2. The smallest absolute Gasteiger partial charge is 0.326 e. The number of amides is 1. The molecule has 0 aromatic heterocycles. The van der Waals surface area contributed by atoms with Gasteiger partial charge in [-0.1, -0.05) is 13.8 Å². The number of sulfonamides is 1. The van der Waals surface area contributed by atoms with Gasteiger partial charge in [0.25, 0.3) is 5.91 Å². The largest absolute Gasteiger partial charge is 0.480 e. The van der Waals surface area contributed by atoms with Crippen molar-refractivity contribution in [2.75, 3.05) is 0 Å². The van der Waals surface area contributed by atoms with Crippen LogP contribution in [-0.2, 0) is 14.8 Å². The van der Waals surface area contributed by atoms with Gasteiger partial charge in [0.1, 0.15) is 6.04 Å². The first-order valence-corrected chi connectivity index (χ1v) is 9.33. The number of carbonyl (C=O) groups excluding carboxylic acids is 1. The fourth-order valence-electron chi connectivity index (χ4n) is 2.21. The van der Waals surface area contributed by atoms with Crippen LogP contribution in [0.15, 0.2) is 29.2 Å². The number of rotatable bonds is 8. The Balaban J connectivity index is 2.06. The van der Waals surface area contributed by atoms with Crippen molar-refractivity contribution in [1.82, 2.24) is 10.0 Å². The van der Waals surface area contributed by atoms with Crippen molar-refractivity contribution in [2.45, 2.75) is 50.1 Å². The zero-order chi connectivity index (χ0) is 17.9. The standard InChI is InChI=1S/C16H22N2O5S/c1-10(2)9-14(16(20)21)17-15(19)11-3-7-13(8-4-11)24(22,23)18-12-5-6-12/h3-4,7-8,10,12,14,18H,5-6,9H2,1-2H3,(H,17,19)(H,20,21). The lowest BCUT2D eigenvalue weighted by Gasteiger charge is -2.16. The molecule has 0 saturated heterocycles. The quantitative estimate of drug-likeness (QED) is 0.652. The second-order valence-electron chi connectivity index (χ2n) is 6.41.